The van der Waals surface area contributed by atoms with Gasteiger partial charge in [-0.15, -0.1) is 0 Å². The second kappa shape index (κ2) is 51.7. The van der Waals surface area contributed by atoms with Crippen molar-refractivity contribution in [1.29, 1.82) is 5.41 Å². The second-order valence-electron chi connectivity index (χ2n) is 29.9. The first-order chi connectivity index (χ1) is 60.3. The lowest BCUT2D eigenvalue weighted by atomic mass is 10.0. The maximum Gasteiger partial charge on any atom is 0.326 e. The molecule has 2 aliphatic heterocycles. The molecule has 2 aliphatic rings. The Morgan fingerprint density at radius 1 is 0.496 bits per heavy atom. The number of nitrogens with zero attached hydrogens (tertiary/aromatic N) is 3. The molecule has 14 atom stereocenters. The van der Waals surface area contributed by atoms with Crippen molar-refractivity contribution in [3.05, 3.63) is 120 Å². The van der Waals surface area contributed by atoms with Gasteiger partial charge in [0.15, 0.2) is 5.96 Å². The van der Waals surface area contributed by atoms with Gasteiger partial charge in [0, 0.05) is 75.1 Å². The standard InChI is InChI=1S/C79H110N24O22S2/c1-41(66(112)98-54(30-45-19-21-47(105)22-20-45)77(123)103-27-10-17-57(103)75(121)100-55(38-126)73(119)97-53(32-60(82)107)69(115)90-37-64(111)102-26-11-18-58(102)78(124)125)92-62(109)35-87-61(108)34-88-68(114)50(28-43-12-5-3-6-13-43)95-72(118)52(31-46-33-85-40-91-46)93-63(110)36-89-76(122)65(42(2)104)101-74(120)56(39-127)99-71(117)51(29-44-14-7-4-8-15-44)96-70(116)49(16-9-25-86-79(83)84)94-67(113)48(80)23-24-59(81)106/h3-8,12-15,19-22,33,40-42,48-58,65,104-105,126-127H,9-11,16-18,23-32,34-39,80H2,1-2H3,(H2,81,106)(H2,82,107)(H,85,91)(H,87,108)(H,88,114)(H,89,122)(H,90,115)(H,92,109)(H,93,110)(H,94,113)(H,95,118)(H,96,116)(H,97,119)(H,98,112)(H,99,117)(H,100,121)(H,101,120)(H,124,125)(H4,83,84,86)/t41-,42+,48-,49-,50-,51-,52-,53-,54-,55-,56-,57-,58-,65-/m0/s1. The second-order valence-corrected chi connectivity index (χ2v) is 30.7. The summed E-state index contributed by atoms with van der Waals surface area (Å²) < 4.78 is 0. The van der Waals surface area contributed by atoms with E-state index in [1.54, 1.807) is 60.7 Å². The quantitative estimate of drug-likeness (QED) is 0.00845. The lowest BCUT2D eigenvalue weighted by Crippen LogP contribution is -2.61. The Balaban J connectivity index is 1.04. The zero-order valence-electron chi connectivity index (χ0n) is 69.5. The molecule has 46 nitrogen and oxygen atoms in total. The highest BCUT2D eigenvalue weighted by atomic mass is 32.1. The third-order valence-electron chi connectivity index (χ3n) is 20.0. The SMILES string of the molecule is C[C@H](NC(=O)CNC(=O)CNC(=O)[C@H](Cc1ccccc1)NC(=O)[C@H](Cc1cnc[nH]1)NC(=O)CNC(=O)[C@@H](NC(=O)[C@H](CS)NC(=O)[C@H](Cc1ccccc1)NC(=O)[C@H](CCCNC(=N)N)NC(=O)[C@@H](N)CCC(N)=O)[C@@H](C)O)C(=O)N[C@@H](Cc1ccc(O)cc1)C(=O)N1CCC[C@H]1C(=O)N[C@@H](CS)C(=O)N[C@@H](CC(N)=O)C(=O)NCC(=O)N1CCC[C@H]1C(=O)O. The first-order valence-electron chi connectivity index (χ1n) is 40.4. The molecule has 2 fully saturated rings. The number of H-pyrrole nitrogens is 1. The normalized spacial score (nSPS) is 16.2. The molecule has 18 amide bonds. The zero-order valence-corrected chi connectivity index (χ0v) is 71.3. The van der Waals surface area contributed by atoms with Crippen molar-refractivity contribution in [2.45, 2.75) is 182 Å². The number of carbonyl (C=O) groups is 19. The zero-order chi connectivity index (χ0) is 93.6. The molecule has 0 aliphatic carbocycles. The fourth-order valence-corrected chi connectivity index (χ4v) is 13.8. The van der Waals surface area contributed by atoms with Crippen LogP contribution in [0.1, 0.15) is 94.0 Å². The lowest BCUT2D eigenvalue weighted by molar-refractivity contribution is -0.148. The van der Waals surface area contributed by atoms with Crippen LogP contribution < -0.4 is 103 Å². The number of benzene rings is 3. The Hall–Kier alpha value is -13.5. The molecule has 6 rings (SSSR count). The monoisotopic (exact) mass is 1810 g/mol. The number of phenolic OH excluding ortho intramolecular Hbond substituents is 1. The van der Waals surface area contributed by atoms with E-state index in [0.717, 1.165) is 16.7 Å². The molecule has 690 valence electrons. The molecule has 0 radical (unpaired) electrons. The van der Waals surface area contributed by atoms with Gasteiger partial charge in [-0.25, -0.2) is 9.78 Å². The summed E-state index contributed by atoms with van der Waals surface area (Å²) in [5.74, 6) is -19.3. The van der Waals surface area contributed by atoms with Gasteiger partial charge < -0.3 is 133 Å². The van der Waals surface area contributed by atoms with E-state index in [2.05, 4.69) is 115 Å². The molecule has 3 heterocycles. The number of carboxylic acid groups (broad SMARTS) is 1. The minimum atomic E-state index is -1.82. The van der Waals surface area contributed by atoms with Crippen LogP contribution in [0.2, 0.25) is 0 Å². The van der Waals surface area contributed by atoms with E-state index in [1.165, 1.54) is 43.7 Å². The van der Waals surface area contributed by atoms with Gasteiger partial charge in [0.1, 0.15) is 78.3 Å². The third-order valence-corrected chi connectivity index (χ3v) is 20.7. The van der Waals surface area contributed by atoms with Gasteiger partial charge >= 0.3 is 5.97 Å². The molecular formula is C79H110N24O22S2. The van der Waals surface area contributed by atoms with Crippen LogP contribution in [0, 0.1) is 5.41 Å². The molecule has 0 unspecified atom stereocenters. The Labute approximate surface area is 739 Å². The van der Waals surface area contributed by atoms with Gasteiger partial charge in [-0.05, 0) is 87.6 Å². The lowest BCUT2D eigenvalue weighted by Gasteiger charge is -2.30. The maximum atomic E-state index is 14.6. The van der Waals surface area contributed by atoms with Gasteiger partial charge in [-0.2, -0.15) is 25.3 Å². The number of amides is 18. The molecule has 28 N–H and O–H groups in total. The number of aromatic nitrogens is 2. The van der Waals surface area contributed by atoms with Crippen molar-refractivity contribution >= 4 is 144 Å². The number of aliphatic hydroxyl groups is 1. The molecule has 0 bridgehead atoms. The van der Waals surface area contributed by atoms with Gasteiger partial charge in [-0.1, -0.05) is 72.8 Å². The van der Waals surface area contributed by atoms with E-state index >= 15 is 0 Å². The van der Waals surface area contributed by atoms with Crippen LogP contribution >= 0.6 is 25.3 Å². The van der Waals surface area contributed by atoms with E-state index in [1.807, 2.05) is 0 Å². The number of aromatic hydroxyl groups is 1. The Kier molecular flexibility index (Phi) is 41.6. The van der Waals surface area contributed by atoms with Crippen molar-refractivity contribution in [1.82, 2.24) is 99.5 Å². The van der Waals surface area contributed by atoms with Crippen molar-refractivity contribution in [2.75, 3.05) is 57.3 Å². The summed E-state index contributed by atoms with van der Waals surface area (Å²) in [6.45, 7) is -0.583. The van der Waals surface area contributed by atoms with E-state index in [-0.39, 0.29) is 108 Å². The minimum absolute atomic E-state index is 0.0285. The Morgan fingerprint density at radius 2 is 0.976 bits per heavy atom. The summed E-state index contributed by atoms with van der Waals surface area (Å²) in [5.41, 5.74) is 23.8. The van der Waals surface area contributed by atoms with Crippen LogP contribution in [0.25, 0.3) is 0 Å². The van der Waals surface area contributed by atoms with Crippen LogP contribution in [0.3, 0.4) is 0 Å². The van der Waals surface area contributed by atoms with Crippen LogP contribution in [0.15, 0.2) is 97.5 Å². The number of nitrogens with two attached hydrogens (primary N) is 4. The van der Waals surface area contributed by atoms with Crippen LogP contribution in [-0.4, -0.2) is 295 Å². The summed E-state index contributed by atoms with van der Waals surface area (Å²) in [7, 11) is 0. The molecular weight excluding hydrogens is 1700 g/mol. The first kappa shape index (κ1) is 102. The number of rotatable bonds is 51. The number of phenols is 1. The number of carboxylic acids is 1. The highest BCUT2D eigenvalue weighted by molar-refractivity contribution is 7.80. The highest BCUT2D eigenvalue weighted by Crippen LogP contribution is 2.22. The van der Waals surface area contributed by atoms with Crippen molar-refractivity contribution < 1.29 is 106 Å². The van der Waals surface area contributed by atoms with E-state index in [0.29, 0.717) is 28.8 Å². The number of carbonyl (C=O) groups excluding carboxylic acids is 18. The highest BCUT2D eigenvalue weighted by Gasteiger charge is 2.42. The van der Waals surface area contributed by atoms with Crippen molar-refractivity contribution in [3.8, 4) is 5.75 Å². The predicted octanol–water partition coefficient (Wildman–Crippen LogP) is -9.24. The van der Waals surface area contributed by atoms with Crippen LogP contribution in [-0.2, 0) is 117 Å². The number of likely N-dealkylation sites (tertiary alicyclic amines) is 2. The van der Waals surface area contributed by atoms with E-state index in [9.17, 15) is 106 Å². The largest absolute Gasteiger partial charge is 0.508 e. The average Bonchev–Trinajstić information content (AvgIpc) is 1.66. The number of guanidine groups is 1. The smallest absolute Gasteiger partial charge is 0.326 e. The van der Waals surface area contributed by atoms with Crippen molar-refractivity contribution in [2.24, 2.45) is 22.9 Å². The van der Waals surface area contributed by atoms with Crippen molar-refractivity contribution in [3.63, 3.8) is 0 Å². The summed E-state index contributed by atoms with van der Waals surface area (Å²) in [6.07, 6.45) is -0.113. The molecule has 3 aromatic carbocycles. The average molecular weight is 1810 g/mol. The number of thiol groups is 2. The summed E-state index contributed by atoms with van der Waals surface area (Å²) in [5, 5.41) is 74.6. The molecule has 2 saturated heterocycles. The number of primary amides is 2. The summed E-state index contributed by atoms with van der Waals surface area (Å²) >= 11 is 8.45. The fourth-order valence-electron chi connectivity index (χ4n) is 13.3. The molecule has 127 heavy (non-hydrogen) atoms. The molecule has 48 heteroatoms. The molecule has 0 saturated carbocycles. The maximum absolute atomic E-state index is 14.6. The number of aromatic amines is 1. The summed E-state index contributed by atoms with van der Waals surface area (Å²) in [6, 6.07) is 3.24. The van der Waals surface area contributed by atoms with Crippen LogP contribution in [0.5, 0.6) is 5.75 Å². The number of aliphatic carboxylic acids is 1. The molecule has 1 aromatic heterocycles. The number of imidazole rings is 1. The molecule has 0 spiro atoms. The Morgan fingerprint density at radius 3 is 1.55 bits per heavy atom. The summed E-state index contributed by atoms with van der Waals surface area (Å²) in [4.78, 5) is 265. The van der Waals surface area contributed by atoms with Gasteiger partial charge in [0.25, 0.3) is 0 Å². The third kappa shape index (κ3) is 34.5. The first-order valence-corrected chi connectivity index (χ1v) is 41.7. The van der Waals surface area contributed by atoms with Gasteiger partial charge in [0.05, 0.1) is 51.1 Å². The number of aliphatic hydroxyl groups excluding tert-OH is 1. The van der Waals surface area contributed by atoms with Gasteiger partial charge in [-0.3, -0.25) is 91.7 Å². The van der Waals surface area contributed by atoms with Gasteiger partial charge in [0.2, 0.25) is 106 Å². The molecule has 4 aromatic rings. The number of nitrogens with one attached hydrogen (secondary N) is 17. The fraction of sp³-hybridized carbons (Fsp3) is 0.481. The Bertz CT molecular complexity index is 4540. The van der Waals surface area contributed by atoms with Crippen LogP contribution in [0.4, 0.5) is 0 Å². The predicted molar refractivity (Wildman–Crippen MR) is 457 cm³/mol. The van der Waals surface area contributed by atoms with E-state index < -0.39 is 235 Å². The minimum Gasteiger partial charge on any atom is -0.508 e. The number of hydrogen-bond acceptors (Lipinski definition) is 26. The van der Waals surface area contributed by atoms with E-state index in [4.69, 9.17) is 28.3 Å². The number of hydrogen-bond donors (Lipinski definition) is 26. The topological polar surface area (TPSA) is 729 Å².